The Bertz CT molecular complexity index is 321. The van der Waals surface area contributed by atoms with E-state index in [1.165, 1.54) is 12.0 Å². The summed E-state index contributed by atoms with van der Waals surface area (Å²) in [5.41, 5.74) is 1.39. The molecule has 1 aromatic rings. The van der Waals surface area contributed by atoms with Gasteiger partial charge in [0.1, 0.15) is 0 Å². The van der Waals surface area contributed by atoms with Crippen LogP contribution in [0.4, 0.5) is 0 Å². The number of halogens is 1. The van der Waals surface area contributed by atoms with E-state index < -0.39 is 8.07 Å². The summed E-state index contributed by atoms with van der Waals surface area (Å²) in [6.07, 6.45) is 1.18. The van der Waals surface area contributed by atoms with Gasteiger partial charge in [-0.05, 0) is 18.5 Å². The van der Waals surface area contributed by atoms with E-state index in [4.69, 9.17) is 0 Å². The zero-order chi connectivity index (χ0) is 12.9. The quantitative estimate of drug-likeness (QED) is 0.607. The molecule has 0 bridgehead atoms. The van der Waals surface area contributed by atoms with E-state index in [0.717, 1.165) is 6.54 Å². The lowest BCUT2D eigenvalue weighted by molar-refractivity contribution is 0.558. The van der Waals surface area contributed by atoms with Crippen LogP contribution in [0.1, 0.15) is 24.9 Å². The highest BCUT2D eigenvalue weighted by Gasteiger charge is 2.32. The van der Waals surface area contributed by atoms with E-state index in [-0.39, 0.29) is 0 Å². The van der Waals surface area contributed by atoms with Gasteiger partial charge in [0, 0.05) is 10.5 Å². The highest BCUT2D eigenvalue weighted by atomic mass is 79.9. The van der Waals surface area contributed by atoms with Crippen molar-refractivity contribution in [2.24, 2.45) is 0 Å². The zero-order valence-corrected chi connectivity index (χ0v) is 13.9. The van der Waals surface area contributed by atoms with Crippen LogP contribution >= 0.6 is 15.9 Å². The molecule has 0 aromatic heterocycles. The molecule has 0 amide bonds. The van der Waals surface area contributed by atoms with Gasteiger partial charge in [-0.15, -0.1) is 0 Å². The van der Waals surface area contributed by atoms with E-state index in [9.17, 15) is 0 Å². The van der Waals surface area contributed by atoms with Gasteiger partial charge < -0.3 is 5.32 Å². The lowest BCUT2D eigenvalue weighted by Gasteiger charge is -2.32. The first-order valence-electron chi connectivity index (χ1n) is 6.39. The predicted octanol–water partition coefficient (Wildman–Crippen LogP) is 4.37. The molecule has 96 valence electrons. The Kier molecular flexibility index (Phi) is 5.90. The van der Waals surface area contributed by atoms with Crippen LogP contribution in [0, 0.1) is 0 Å². The van der Waals surface area contributed by atoms with Gasteiger partial charge in [-0.3, -0.25) is 0 Å². The van der Waals surface area contributed by atoms with Gasteiger partial charge in [-0.2, -0.15) is 0 Å². The molecule has 1 aromatic carbocycles. The molecule has 0 fully saturated rings. The molecule has 0 unspecified atom stereocenters. The third-order valence-electron chi connectivity index (χ3n) is 2.89. The molecule has 0 aliphatic rings. The van der Waals surface area contributed by atoms with Gasteiger partial charge in [-0.1, -0.05) is 72.8 Å². The summed E-state index contributed by atoms with van der Waals surface area (Å²) < 4.78 is 0.559. The molecule has 0 radical (unpaired) electrons. The van der Waals surface area contributed by atoms with Gasteiger partial charge in [-0.25, -0.2) is 0 Å². The summed E-state index contributed by atoms with van der Waals surface area (Å²) in [7, 11) is -1.20. The summed E-state index contributed by atoms with van der Waals surface area (Å²) >= 11 is 3.93. The maximum Gasteiger partial charge on any atom is 0.0620 e. The summed E-state index contributed by atoms with van der Waals surface area (Å²) in [5, 5.41) is 3.68. The molecule has 1 rings (SSSR count). The summed E-state index contributed by atoms with van der Waals surface area (Å²) in [6, 6.07) is 11.2. The van der Waals surface area contributed by atoms with Gasteiger partial charge >= 0.3 is 0 Å². The predicted molar refractivity (Wildman–Crippen MR) is 83.5 cm³/mol. The number of nitrogens with one attached hydrogen (secondary N) is 1. The Balaban J connectivity index is 2.88. The summed E-state index contributed by atoms with van der Waals surface area (Å²) in [6.45, 7) is 10.5. The van der Waals surface area contributed by atoms with Crippen LogP contribution in [0.2, 0.25) is 19.6 Å². The van der Waals surface area contributed by atoms with E-state index in [1.54, 1.807) is 0 Å². The number of alkyl halides is 1. The maximum atomic E-state index is 3.93. The molecule has 1 N–H and O–H groups in total. The minimum absolute atomic E-state index is 0.433. The van der Waals surface area contributed by atoms with Crippen LogP contribution < -0.4 is 5.32 Å². The molecule has 17 heavy (non-hydrogen) atoms. The van der Waals surface area contributed by atoms with Crippen molar-refractivity contribution in [3.05, 3.63) is 35.9 Å². The SMILES string of the molecule is CCCN[C@H](c1ccccc1)[C@H](Br)[Si](C)(C)C. The third-order valence-corrected chi connectivity index (χ3v) is 9.53. The highest BCUT2D eigenvalue weighted by Crippen LogP contribution is 2.29. The zero-order valence-electron chi connectivity index (χ0n) is 11.3. The maximum absolute atomic E-state index is 3.93. The Labute approximate surface area is 115 Å². The van der Waals surface area contributed by atoms with Gasteiger partial charge in [0.25, 0.3) is 0 Å². The van der Waals surface area contributed by atoms with E-state index >= 15 is 0 Å². The van der Waals surface area contributed by atoms with Gasteiger partial charge in [0.05, 0.1) is 8.07 Å². The van der Waals surface area contributed by atoms with Gasteiger partial charge in [0.15, 0.2) is 0 Å². The first kappa shape index (κ1) is 14.9. The Morgan fingerprint density at radius 2 is 1.76 bits per heavy atom. The van der Waals surface area contributed by atoms with Crippen molar-refractivity contribution in [2.75, 3.05) is 6.54 Å². The van der Waals surface area contributed by atoms with Crippen molar-refractivity contribution < 1.29 is 0 Å². The largest absolute Gasteiger partial charge is 0.309 e. The average Bonchev–Trinajstić information content (AvgIpc) is 2.29. The number of hydrogen-bond acceptors (Lipinski definition) is 1. The second-order valence-corrected chi connectivity index (χ2v) is 12.8. The fourth-order valence-corrected chi connectivity index (χ4v) is 3.65. The van der Waals surface area contributed by atoms with Crippen LogP contribution in [0.5, 0.6) is 0 Å². The second-order valence-electron chi connectivity index (χ2n) is 5.61. The average molecular weight is 314 g/mol. The monoisotopic (exact) mass is 313 g/mol. The minimum Gasteiger partial charge on any atom is -0.309 e. The topological polar surface area (TPSA) is 12.0 Å². The second kappa shape index (κ2) is 6.71. The molecule has 2 atom stereocenters. The molecule has 0 heterocycles. The lowest BCUT2D eigenvalue weighted by Crippen LogP contribution is -2.43. The number of hydrogen-bond donors (Lipinski definition) is 1. The number of benzene rings is 1. The molecular formula is C14H24BrNSi. The third kappa shape index (κ3) is 4.57. The van der Waals surface area contributed by atoms with Crippen molar-refractivity contribution in [2.45, 2.75) is 43.5 Å². The van der Waals surface area contributed by atoms with Crippen molar-refractivity contribution in [3.63, 3.8) is 0 Å². The standard InChI is InChI=1S/C14H24BrNSi/c1-5-11-16-13(14(15)17(2,3)4)12-9-7-6-8-10-12/h6-10,13-14,16H,5,11H2,1-4H3/t13-,14-/m1/s1. The van der Waals surface area contributed by atoms with Crippen molar-refractivity contribution in [1.29, 1.82) is 0 Å². The normalized spacial score (nSPS) is 15.6. The highest BCUT2D eigenvalue weighted by molar-refractivity contribution is 9.10. The molecule has 0 spiro atoms. The van der Waals surface area contributed by atoms with Crippen LogP contribution in [-0.2, 0) is 0 Å². The molecular weight excluding hydrogens is 290 g/mol. The molecule has 0 aliphatic heterocycles. The minimum atomic E-state index is -1.20. The first-order valence-corrected chi connectivity index (χ1v) is 10.9. The Morgan fingerprint density at radius 1 is 1.18 bits per heavy atom. The molecule has 0 saturated heterocycles. The van der Waals surface area contributed by atoms with Crippen LogP contribution in [0.25, 0.3) is 0 Å². The fourth-order valence-electron chi connectivity index (χ4n) is 1.85. The van der Waals surface area contributed by atoms with E-state index in [1.807, 2.05) is 0 Å². The molecule has 0 aliphatic carbocycles. The Hall–Kier alpha value is -0.123. The van der Waals surface area contributed by atoms with Crippen molar-refractivity contribution in [3.8, 4) is 0 Å². The van der Waals surface area contributed by atoms with Crippen molar-refractivity contribution >= 4 is 24.0 Å². The van der Waals surface area contributed by atoms with Crippen molar-refractivity contribution in [1.82, 2.24) is 5.32 Å². The smallest absolute Gasteiger partial charge is 0.0620 e. The summed E-state index contributed by atoms with van der Waals surface area (Å²) in [5.74, 6) is 0. The van der Waals surface area contributed by atoms with E-state index in [2.05, 4.69) is 78.1 Å². The Morgan fingerprint density at radius 3 is 2.24 bits per heavy atom. The molecule has 1 nitrogen and oxygen atoms in total. The molecule has 0 saturated carbocycles. The molecule has 3 heteroatoms. The summed E-state index contributed by atoms with van der Waals surface area (Å²) in [4.78, 5) is 0. The van der Waals surface area contributed by atoms with Crippen LogP contribution in [0.3, 0.4) is 0 Å². The van der Waals surface area contributed by atoms with Crippen LogP contribution in [0.15, 0.2) is 30.3 Å². The van der Waals surface area contributed by atoms with Crippen LogP contribution in [-0.4, -0.2) is 19.1 Å². The van der Waals surface area contributed by atoms with E-state index in [0.29, 0.717) is 10.5 Å². The van der Waals surface area contributed by atoms with Gasteiger partial charge in [0.2, 0.25) is 0 Å². The number of rotatable bonds is 6. The first-order chi connectivity index (χ1) is 7.96. The lowest BCUT2D eigenvalue weighted by atomic mass is 10.1. The fraction of sp³-hybridized carbons (Fsp3) is 0.571.